The molecule has 2 aromatic heterocycles. The third-order valence-electron chi connectivity index (χ3n) is 3.31. The van der Waals surface area contributed by atoms with Gasteiger partial charge < -0.3 is 0 Å². The molecule has 1 aromatic carbocycles. The molecule has 3 aromatic rings. The highest BCUT2D eigenvalue weighted by Gasteiger charge is 2.21. The number of rotatable bonds is 6. The van der Waals surface area contributed by atoms with Gasteiger partial charge in [0.1, 0.15) is 12.1 Å². The maximum absolute atomic E-state index is 13.3. The third kappa shape index (κ3) is 3.57. The molecule has 3 rings (SSSR count). The summed E-state index contributed by atoms with van der Waals surface area (Å²) in [4.78, 5) is 28.6. The van der Waals surface area contributed by atoms with E-state index in [1.165, 1.54) is 29.8 Å². The fourth-order valence-electron chi connectivity index (χ4n) is 2.21. The van der Waals surface area contributed by atoms with Crippen molar-refractivity contribution in [2.75, 3.05) is 0 Å². The molecule has 2 heterocycles. The number of nitrogens with zero attached hydrogens (tertiary/aromatic N) is 2. The Morgan fingerprint density at radius 3 is 2.87 bits per heavy atom. The van der Waals surface area contributed by atoms with Crippen LogP contribution < -0.4 is 0 Å². The zero-order chi connectivity index (χ0) is 16.2. The topological polar surface area (TPSA) is 75.7 Å². The van der Waals surface area contributed by atoms with Crippen molar-refractivity contribution < 1.29 is 14.0 Å². The van der Waals surface area contributed by atoms with E-state index < -0.39 is 11.6 Å². The molecule has 0 unspecified atom stereocenters. The van der Waals surface area contributed by atoms with Gasteiger partial charge in [-0.2, -0.15) is 0 Å². The van der Waals surface area contributed by atoms with Gasteiger partial charge in [-0.1, -0.05) is 12.1 Å². The van der Waals surface area contributed by atoms with E-state index in [9.17, 15) is 14.0 Å². The zero-order valence-corrected chi connectivity index (χ0v) is 12.8. The van der Waals surface area contributed by atoms with E-state index in [2.05, 4.69) is 15.2 Å². The number of benzene rings is 1. The molecule has 7 heteroatoms. The fourth-order valence-corrected chi connectivity index (χ4v) is 3.15. The standard InChI is InChI=1S/C16H12FN3O2S/c17-12-3-1-2-10(6-12)7-14-11(4-5-23-14)8-13(21)15(22)16-18-9-19-20-16/h1-6,9H,7-8H2,(H,18,19,20). The summed E-state index contributed by atoms with van der Waals surface area (Å²) in [5, 5.41) is 7.88. The van der Waals surface area contributed by atoms with E-state index in [0.717, 1.165) is 16.0 Å². The average Bonchev–Trinajstić information content (AvgIpc) is 3.19. The van der Waals surface area contributed by atoms with E-state index in [0.29, 0.717) is 6.42 Å². The second kappa shape index (κ2) is 6.62. The molecular formula is C16H12FN3O2S. The molecule has 0 aliphatic rings. The summed E-state index contributed by atoms with van der Waals surface area (Å²) in [6, 6.07) is 8.13. The van der Waals surface area contributed by atoms with Gasteiger partial charge in [0.25, 0.3) is 5.78 Å². The first-order valence-electron chi connectivity index (χ1n) is 6.86. The van der Waals surface area contributed by atoms with E-state index >= 15 is 0 Å². The van der Waals surface area contributed by atoms with Crippen LogP contribution in [0.25, 0.3) is 0 Å². The lowest BCUT2D eigenvalue weighted by atomic mass is 10.0. The van der Waals surface area contributed by atoms with Crippen LogP contribution in [0.3, 0.4) is 0 Å². The summed E-state index contributed by atoms with van der Waals surface area (Å²) in [5.74, 6) is -1.70. The molecule has 116 valence electrons. The number of hydrogen-bond acceptors (Lipinski definition) is 5. The van der Waals surface area contributed by atoms with Crippen molar-refractivity contribution in [1.29, 1.82) is 0 Å². The van der Waals surface area contributed by atoms with Gasteiger partial charge in [0.05, 0.1) is 0 Å². The van der Waals surface area contributed by atoms with Crippen molar-refractivity contribution in [2.45, 2.75) is 12.8 Å². The van der Waals surface area contributed by atoms with Crippen LogP contribution in [-0.2, 0) is 17.6 Å². The van der Waals surface area contributed by atoms with Gasteiger partial charge in [-0.3, -0.25) is 14.7 Å². The number of ketones is 2. The second-order valence-electron chi connectivity index (χ2n) is 4.93. The Morgan fingerprint density at radius 2 is 2.13 bits per heavy atom. The van der Waals surface area contributed by atoms with Crippen LogP contribution >= 0.6 is 11.3 Å². The van der Waals surface area contributed by atoms with Crippen molar-refractivity contribution in [2.24, 2.45) is 0 Å². The van der Waals surface area contributed by atoms with Gasteiger partial charge >= 0.3 is 0 Å². The predicted molar refractivity (Wildman–Crippen MR) is 82.9 cm³/mol. The Kier molecular flexibility index (Phi) is 4.38. The largest absolute Gasteiger partial charge is 0.290 e. The molecule has 0 amide bonds. The number of carbonyl (C=O) groups is 2. The first kappa shape index (κ1) is 15.2. The minimum atomic E-state index is -0.714. The number of H-pyrrole nitrogens is 1. The Bertz CT molecular complexity index is 843. The van der Waals surface area contributed by atoms with Gasteiger partial charge in [-0.05, 0) is 34.7 Å². The lowest BCUT2D eigenvalue weighted by molar-refractivity contribution is -0.114. The van der Waals surface area contributed by atoms with Gasteiger partial charge in [-0.25, -0.2) is 9.37 Å². The van der Waals surface area contributed by atoms with E-state index in [1.54, 1.807) is 6.07 Å². The van der Waals surface area contributed by atoms with Crippen LogP contribution in [0.1, 0.15) is 26.6 Å². The minimum absolute atomic E-state index is 0.0124. The summed E-state index contributed by atoms with van der Waals surface area (Å²) in [5.41, 5.74) is 1.59. The highest BCUT2D eigenvalue weighted by atomic mass is 32.1. The summed E-state index contributed by atoms with van der Waals surface area (Å²) >= 11 is 1.48. The van der Waals surface area contributed by atoms with Crippen molar-refractivity contribution in [3.05, 3.63) is 69.7 Å². The van der Waals surface area contributed by atoms with Crippen molar-refractivity contribution in [3.63, 3.8) is 0 Å². The number of aromatic amines is 1. The summed E-state index contributed by atoms with van der Waals surface area (Å²) in [6.45, 7) is 0. The van der Waals surface area contributed by atoms with Crippen LogP contribution in [0.5, 0.6) is 0 Å². The Labute approximate surface area is 135 Å². The number of aromatic nitrogens is 3. The number of nitrogens with one attached hydrogen (secondary N) is 1. The molecule has 1 N–H and O–H groups in total. The highest BCUT2D eigenvalue weighted by molar-refractivity contribution is 7.10. The minimum Gasteiger partial charge on any atom is -0.290 e. The Morgan fingerprint density at radius 1 is 1.26 bits per heavy atom. The SMILES string of the molecule is O=C(Cc1ccsc1Cc1cccc(F)c1)C(=O)c1nc[nH]n1. The molecule has 0 atom stereocenters. The van der Waals surface area contributed by atoms with Crippen LogP contribution in [0.2, 0.25) is 0 Å². The summed E-state index contributed by atoms with van der Waals surface area (Å²) in [7, 11) is 0. The number of thiophene rings is 1. The molecule has 0 saturated heterocycles. The highest BCUT2D eigenvalue weighted by Crippen LogP contribution is 2.22. The molecule has 0 radical (unpaired) electrons. The van der Waals surface area contributed by atoms with Crippen LogP contribution in [-0.4, -0.2) is 26.7 Å². The molecule has 0 bridgehead atoms. The van der Waals surface area contributed by atoms with Crippen molar-refractivity contribution in [1.82, 2.24) is 15.2 Å². The number of carbonyl (C=O) groups excluding carboxylic acids is 2. The van der Waals surface area contributed by atoms with Gasteiger partial charge in [0.15, 0.2) is 0 Å². The first-order valence-corrected chi connectivity index (χ1v) is 7.74. The van der Waals surface area contributed by atoms with Crippen molar-refractivity contribution >= 4 is 22.9 Å². The molecule has 0 aliphatic heterocycles. The lowest BCUT2D eigenvalue weighted by Crippen LogP contribution is -2.18. The maximum atomic E-state index is 13.3. The smallest absolute Gasteiger partial charge is 0.267 e. The third-order valence-corrected chi connectivity index (χ3v) is 4.28. The molecule has 5 nitrogen and oxygen atoms in total. The van der Waals surface area contributed by atoms with E-state index in [-0.39, 0.29) is 18.1 Å². The first-order chi connectivity index (χ1) is 11.1. The molecular weight excluding hydrogens is 317 g/mol. The molecule has 23 heavy (non-hydrogen) atoms. The normalized spacial score (nSPS) is 10.7. The molecule has 0 spiro atoms. The van der Waals surface area contributed by atoms with Gasteiger partial charge in [0, 0.05) is 17.7 Å². The maximum Gasteiger partial charge on any atom is 0.267 e. The Balaban J connectivity index is 1.73. The molecule has 0 saturated carbocycles. The van der Waals surface area contributed by atoms with E-state index in [4.69, 9.17) is 0 Å². The number of Topliss-reactive ketones (excluding diaryl/α,β-unsaturated/α-hetero) is 2. The van der Waals surface area contributed by atoms with Crippen molar-refractivity contribution in [3.8, 4) is 0 Å². The number of halogens is 1. The molecule has 0 fully saturated rings. The zero-order valence-electron chi connectivity index (χ0n) is 12.0. The monoisotopic (exact) mass is 329 g/mol. The molecule has 0 aliphatic carbocycles. The van der Waals surface area contributed by atoms with Crippen LogP contribution in [0.4, 0.5) is 4.39 Å². The Hall–Kier alpha value is -2.67. The average molecular weight is 329 g/mol. The number of hydrogen-bond donors (Lipinski definition) is 1. The quantitative estimate of drug-likeness (QED) is 0.557. The van der Waals surface area contributed by atoms with E-state index in [1.807, 2.05) is 17.5 Å². The van der Waals surface area contributed by atoms with Crippen LogP contribution in [0.15, 0.2) is 42.0 Å². The van der Waals surface area contributed by atoms with Gasteiger partial charge in [-0.15, -0.1) is 16.4 Å². The summed E-state index contributed by atoms with van der Waals surface area (Å²) in [6.07, 6.45) is 1.76. The van der Waals surface area contributed by atoms with Gasteiger partial charge in [0.2, 0.25) is 11.6 Å². The second-order valence-corrected chi connectivity index (χ2v) is 5.93. The van der Waals surface area contributed by atoms with Crippen LogP contribution in [0, 0.1) is 5.82 Å². The fraction of sp³-hybridized carbons (Fsp3) is 0.125. The summed E-state index contributed by atoms with van der Waals surface area (Å²) < 4.78 is 13.3. The lowest BCUT2D eigenvalue weighted by Gasteiger charge is -2.03. The predicted octanol–water partition coefficient (Wildman–Crippen LogP) is 2.59.